The van der Waals surface area contributed by atoms with Gasteiger partial charge in [-0.15, -0.1) is 0 Å². The van der Waals surface area contributed by atoms with Crippen LogP contribution in [0.5, 0.6) is 0 Å². The highest BCUT2D eigenvalue weighted by Crippen LogP contribution is 2.31. The molecular formula is C16H19O5S-. The lowest BCUT2D eigenvalue weighted by atomic mass is 10.0. The van der Waals surface area contributed by atoms with Crippen LogP contribution in [-0.2, 0) is 24.8 Å². The Kier molecular flexibility index (Phi) is 5.74. The fraction of sp³-hybridized carbons (Fsp3) is 0.438. The summed E-state index contributed by atoms with van der Waals surface area (Å²) in [5.41, 5.74) is 1.30. The molecule has 0 spiro atoms. The average molecular weight is 323 g/mol. The van der Waals surface area contributed by atoms with Gasteiger partial charge in [0.05, 0.1) is 18.6 Å². The van der Waals surface area contributed by atoms with Gasteiger partial charge in [-0.3, -0.25) is 4.18 Å². The Morgan fingerprint density at radius 3 is 2.41 bits per heavy atom. The highest BCUT2D eigenvalue weighted by molar-refractivity contribution is 7.80. The first-order chi connectivity index (χ1) is 10.6. The van der Waals surface area contributed by atoms with E-state index in [1.54, 1.807) is 24.3 Å². The Morgan fingerprint density at radius 1 is 1.32 bits per heavy atom. The van der Waals surface area contributed by atoms with Crippen LogP contribution in [0.25, 0.3) is 5.57 Å². The van der Waals surface area contributed by atoms with Gasteiger partial charge in [0.1, 0.15) is 11.7 Å². The van der Waals surface area contributed by atoms with Gasteiger partial charge < -0.3 is 14.6 Å². The van der Waals surface area contributed by atoms with Gasteiger partial charge in [-0.2, -0.15) is 0 Å². The van der Waals surface area contributed by atoms with Crippen molar-refractivity contribution in [1.29, 1.82) is 0 Å². The van der Waals surface area contributed by atoms with Gasteiger partial charge in [0.15, 0.2) is 11.1 Å². The van der Waals surface area contributed by atoms with Crippen LogP contribution in [0.3, 0.4) is 0 Å². The van der Waals surface area contributed by atoms with Gasteiger partial charge in [-0.05, 0) is 42.9 Å². The molecule has 0 heterocycles. The molecule has 1 fully saturated rings. The van der Waals surface area contributed by atoms with E-state index in [9.17, 15) is 14.1 Å². The van der Waals surface area contributed by atoms with Gasteiger partial charge in [-0.1, -0.05) is 19.1 Å². The first-order valence-electron chi connectivity index (χ1n) is 7.20. The third kappa shape index (κ3) is 4.18. The first-order valence-corrected chi connectivity index (χ1v) is 8.28. The number of hydrogen-bond acceptors (Lipinski definition) is 5. The lowest BCUT2D eigenvalue weighted by Crippen LogP contribution is -2.27. The summed E-state index contributed by atoms with van der Waals surface area (Å²) < 4.78 is 21.8. The first kappa shape index (κ1) is 16.7. The molecule has 0 bridgehead atoms. The summed E-state index contributed by atoms with van der Waals surface area (Å²) in [6.07, 6.45) is 2.67. The van der Waals surface area contributed by atoms with Gasteiger partial charge in [-0.25, -0.2) is 4.21 Å². The molecule has 1 aromatic rings. The van der Waals surface area contributed by atoms with Crippen LogP contribution in [0.4, 0.5) is 0 Å². The zero-order chi connectivity index (χ0) is 16.1. The summed E-state index contributed by atoms with van der Waals surface area (Å²) in [7, 11) is 1.36. The van der Waals surface area contributed by atoms with Crippen LogP contribution in [-0.4, -0.2) is 23.9 Å². The second-order valence-electron chi connectivity index (χ2n) is 5.13. The van der Waals surface area contributed by atoms with Crippen molar-refractivity contribution in [2.24, 2.45) is 5.92 Å². The maximum atomic E-state index is 11.5. The second kappa shape index (κ2) is 7.56. The maximum absolute atomic E-state index is 11.5. The molecule has 1 atom stereocenters. The van der Waals surface area contributed by atoms with Crippen molar-refractivity contribution in [2.75, 3.05) is 13.7 Å². The minimum Gasteiger partial charge on any atom is -0.542 e. The SMILES string of the molecule is CC/C(=C(/OCC1CC1)C(=O)[O-])c1ccc(S(=O)OC)cc1. The fourth-order valence-corrected chi connectivity index (χ4v) is 2.66. The zero-order valence-corrected chi connectivity index (χ0v) is 13.5. The van der Waals surface area contributed by atoms with Crippen molar-refractivity contribution >= 4 is 22.6 Å². The molecule has 1 aliphatic rings. The predicted octanol–water partition coefficient (Wildman–Crippen LogP) is 1.65. The van der Waals surface area contributed by atoms with Crippen molar-refractivity contribution in [1.82, 2.24) is 0 Å². The topological polar surface area (TPSA) is 75.7 Å². The molecule has 1 aromatic carbocycles. The fourth-order valence-electron chi connectivity index (χ4n) is 2.11. The van der Waals surface area contributed by atoms with E-state index in [-0.39, 0.29) is 5.76 Å². The molecule has 0 amide bonds. The zero-order valence-electron chi connectivity index (χ0n) is 12.7. The average Bonchev–Trinajstić information content (AvgIpc) is 3.34. The normalized spacial score (nSPS) is 16.8. The van der Waals surface area contributed by atoms with Crippen LogP contribution < -0.4 is 5.11 Å². The number of carboxylic acid groups (broad SMARTS) is 1. The summed E-state index contributed by atoms with van der Waals surface area (Å²) in [4.78, 5) is 11.9. The summed E-state index contributed by atoms with van der Waals surface area (Å²) in [5, 5.41) is 11.4. The summed E-state index contributed by atoms with van der Waals surface area (Å²) >= 11 is -1.51. The Bertz CT molecular complexity index is 587. The van der Waals surface area contributed by atoms with E-state index in [4.69, 9.17) is 8.92 Å². The molecule has 0 aliphatic heterocycles. The number of carbonyl (C=O) groups excluding carboxylic acids is 1. The van der Waals surface area contributed by atoms with E-state index in [1.165, 1.54) is 7.11 Å². The van der Waals surface area contributed by atoms with Crippen molar-refractivity contribution in [3.63, 3.8) is 0 Å². The van der Waals surface area contributed by atoms with Crippen molar-refractivity contribution in [3.05, 3.63) is 35.6 Å². The molecule has 0 saturated heterocycles. The summed E-state index contributed by atoms with van der Waals surface area (Å²) in [6.45, 7) is 2.28. The lowest BCUT2D eigenvalue weighted by molar-refractivity contribution is -0.303. The largest absolute Gasteiger partial charge is 0.542 e. The Morgan fingerprint density at radius 2 is 1.95 bits per heavy atom. The number of ether oxygens (including phenoxy) is 1. The predicted molar refractivity (Wildman–Crippen MR) is 80.8 cm³/mol. The standard InChI is InChI=1S/C16H20O5S/c1-3-14(15(16(17)18)21-10-11-4-5-11)12-6-8-13(9-7-12)22(19)20-2/h6-9,11H,3-5,10H2,1-2H3,(H,17,18)/p-1/b15-14-. The van der Waals surface area contributed by atoms with Gasteiger partial charge in [0.2, 0.25) is 0 Å². The Labute approximate surface area is 132 Å². The minimum atomic E-state index is -1.51. The summed E-state index contributed by atoms with van der Waals surface area (Å²) in [5.74, 6) is -0.948. The Hall–Kier alpha value is -1.66. The highest BCUT2D eigenvalue weighted by atomic mass is 32.2. The number of carboxylic acids is 1. The lowest BCUT2D eigenvalue weighted by Gasteiger charge is -2.17. The summed E-state index contributed by atoms with van der Waals surface area (Å²) in [6, 6.07) is 6.74. The van der Waals surface area contributed by atoms with Crippen LogP contribution in [0.15, 0.2) is 34.9 Å². The van der Waals surface area contributed by atoms with Crippen LogP contribution in [0.2, 0.25) is 0 Å². The van der Waals surface area contributed by atoms with Crippen LogP contribution >= 0.6 is 0 Å². The van der Waals surface area contributed by atoms with E-state index in [0.29, 0.717) is 35.0 Å². The molecular weight excluding hydrogens is 304 g/mol. The molecule has 5 nitrogen and oxygen atoms in total. The molecule has 6 heteroatoms. The highest BCUT2D eigenvalue weighted by Gasteiger charge is 2.23. The molecule has 22 heavy (non-hydrogen) atoms. The number of allylic oxidation sites excluding steroid dienone is 1. The number of aliphatic carboxylic acids is 1. The monoisotopic (exact) mass is 323 g/mol. The molecule has 1 saturated carbocycles. The van der Waals surface area contributed by atoms with Crippen LogP contribution in [0, 0.1) is 5.92 Å². The molecule has 2 rings (SSSR count). The van der Waals surface area contributed by atoms with E-state index >= 15 is 0 Å². The minimum absolute atomic E-state index is 0.102. The second-order valence-corrected chi connectivity index (χ2v) is 6.40. The van der Waals surface area contributed by atoms with Crippen molar-refractivity contribution in [2.45, 2.75) is 31.1 Å². The van der Waals surface area contributed by atoms with Crippen molar-refractivity contribution in [3.8, 4) is 0 Å². The van der Waals surface area contributed by atoms with E-state index in [2.05, 4.69) is 0 Å². The Balaban J connectivity index is 2.27. The molecule has 120 valence electrons. The van der Waals surface area contributed by atoms with E-state index in [1.807, 2.05) is 6.92 Å². The maximum Gasteiger partial charge on any atom is 0.188 e. The quantitative estimate of drug-likeness (QED) is 0.537. The smallest absolute Gasteiger partial charge is 0.188 e. The number of hydrogen-bond donors (Lipinski definition) is 0. The molecule has 0 aromatic heterocycles. The molecule has 0 radical (unpaired) electrons. The number of rotatable bonds is 8. The van der Waals surface area contributed by atoms with Crippen molar-refractivity contribution < 1.29 is 23.0 Å². The van der Waals surface area contributed by atoms with Gasteiger partial charge >= 0.3 is 0 Å². The van der Waals surface area contributed by atoms with Crippen LogP contribution in [0.1, 0.15) is 31.7 Å². The molecule has 1 unspecified atom stereocenters. The van der Waals surface area contributed by atoms with Gasteiger partial charge in [0, 0.05) is 5.57 Å². The third-order valence-corrected chi connectivity index (χ3v) is 4.48. The molecule has 0 N–H and O–H groups in total. The number of carbonyl (C=O) groups is 1. The van der Waals surface area contributed by atoms with E-state index < -0.39 is 17.0 Å². The van der Waals surface area contributed by atoms with E-state index in [0.717, 1.165) is 12.8 Å². The van der Waals surface area contributed by atoms with Gasteiger partial charge in [0.25, 0.3) is 0 Å². The third-order valence-electron chi connectivity index (χ3n) is 3.52. The number of benzene rings is 1. The molecule has 1 aliphatic carbocycles.